The molecule has 9 N–H and O–H groups in total. The number of anilines is 1. The zero-order chi connectivity index (χ0) is 30.2. The SMILES string of the molecule is CC(=O)Nc1ccc(C=O)cc1.NCCC[C@H](N)C(=O)O.NCCc1ccccc1.O=C(O)CC1CCCCC1. The van der Waals surface area contributed by atoms with Crippen LogP contribution in [0, 0.1) is 5.92 Å². The van der Waals surface area contributed by atoms with Gasteiger partial charge in [-0.25, -0.2) is 0 Å². The number of aliphatic carboxylic acids is 2. The molecule has 3 rings (SSSR count). The lowest BCUT2D eigenvalue weighted by molar-refractivity contribution is -0.139. The zero-order valence-corrected chi connectivity index (χ0v) is 23.5. The number of hydrogen-bond donors (Lipinski definition) is 6. The number of carbonyl (C=O) groups excluding carboxylic acids is 2. The van der Waals surface area contributed by atoms with Gasteiger partial charge in [-0.2, -0.15) is 0 Å². The second kappa shape index (κ2) is 23.3. The summed E-state index contributed by atoms with van der Waals surface area (Å²) in [6.45, 7) is 2.68. The van der Waals surface area contributed by atoms with Gasteiger partial charge in [0.15, 0.2) is 0 Å². The van der Waals surface area contributed by atoms with E-state index in [-0.39, 0.29) is 5.91 Å². The summed E-state index contributed by atoms with van der Waals surface area (Å²) in [5.41, 5.74) is 18.3. The number of hydrogen-bond acceptors (Lipinski definition) is 7. The highest BCUT2D eigenvalue weighted by Crippen LogP contribution is 2.25. The van der Waals surface area contributed by atoms with E-state index < -0.39 is 18.0 Å². The Balaban J connectivity index is 0.000000511. The third-order valence-corrected chi connectivity index (χ3v) is 5.87. The molecule has 1 amide bonds. The largest absolute Gasteiger partial charge is 0.481 e. The lowest BCUT2D eigenvalue weighted by Gasteiger charge is -2.18. The number of benzene rings is 2. The Morgan fingerprint density at radius 1 is 0.950 bits per heavy atom. The molecule has 0 saturated heterocycles. The van der Waals surface area contributed by atoms with Crippen LogP contribution in [0.2, 0.25) is 0 Å². The van der Waals surface area contributed by atoms with E-state index in [1.807, 2.05) is 18.2 Å². The maximum atomic E-state index is 10.6. The Hall–Kier alpha value is -3.60. The van der Waals surface area contributed by atoms with Crippen molar-refractivity contribution >= 4 is 29.8 Å². The molecule has 0 spiro atoms. The van der Waals surface area contributed by atoms with Crippen LogP contribution in [0.15, 0.2) is 54.6 Å². The molecule has 40 heavy (non-hydrogen) atoms. The lowest BCUT2D eigenvalue weighted by Crippen LogP contribution is -2.30. The normalized spacial score (nSPS) is 13.0. The van der Waals surface area contributed by atoms with E-state index in [0.717, 1.165) is 32.1 Å². The molecule has 1 saturated carbocycles. The number of rotatable bonds is 10. The molecule has 2 aromatic carbocycles. The topological polar surface area (TPSA) is 199 Å². The molecule has 0 bridgehead atoms. The summed E-state index contributed by atoms with van der Waals surface area (Å²) in [4.78, 5) is 41.1. The van der Waals surface area contributed by atoms with Gasteiger partial charge in [0.2, 0.25) is 5.91 Å². The predicted octanol–water partition coefficient (Wildman–Crippen LogP) is 3.82. The van der Waals surface area contributed by atoms with E-state index in [1.165, 1.54) is 31.7 Å². The molecule has 2 aromatic rings. The average molecular weight is 559 g/mol. The molecule has 10 nitrogen and oxygen atoms in total. The molecule has 0 aliphatic heterocycles. The minimum absolute atomic E-state index is 0.117. The Morgan fingerprint density at radius 2 is 1.55 bits per heavy atom. The van der Waals surface area contributed by atoms with Gasteiger partial charge in [0.25, 0.3) is 0 Å². The number of nitrogens with one attached hydrogen (secondary N) is 1. The highest BCUT2D eigenvalue weighted by Gasteiger charge is 2.15. The zero-order valence-electron chi connectivity index (χ0n) is 23.5. The summed E-state index contributed by atoms with van der Waals surface area (Å²) < 4.78 is 0. The Bertz CT molecular complexity index is 964. The van der Waals surface area contributed by atoms with Crippen molar-refractivity contribution in [2.45, 2.75) is 70.8 Å². The third-order valence-electron chi connectivity index (χ3n) is 5.87. The average Bonchev–Trinajstić information content (AvgIpc) is 2.94. The Kier molecular flexibility index (Phi) is 21.2. The van der Waals surface area contributed by atoms with Gasteiger partial charge < -0.3 is 32.7 Å². The molecule has 0 unspecified atom stereocenters. The summed E-state index contributed by atoms with van der Waals surface area (Å²) in [7, 11) is 0. The molecule has 1 aliphatic rings. The van der Waals surface area contributed by atoms with E-state index in [4.69, 9.17) is 27.4 Å². The van der Waals surface area contributed by atoms with Crippen molar-refractivity contribution in [2.24, 2.45) is 23.1 Å². The smallest absolute Gasteiger partial charge is 0.320 e. The fourth-order valence-corrected chi connectivity index (χ4v) is 3.76. The van der Waals surface area contributed by atoms with E-state index in [9.17, 15) is 19.2 Å². The van der Waals surface area contributed by atoms with Crippen LogP contribution in [0.1, 0.15) is 74.2 Å². The van der Waals surface area contributed by atoms with Gasteiger partial charge in [0.05, 0.1) is 0 Å². The van der Waals surface area contributed by atoms with Crippen LogP contribution in [0.25, 0.3) is 0 Å². The van der Waals surface area contributed by atoms with Crippen LogP contribution in [0.3, 0.4) is 0 Å². The van der Waals surface area contributed by atoms with Crippen LogP contribution >= 0.6 is 0 Å². The predicted molar refractivity (Wildman–Crippen MR) is 158 cm³/mol. The minimum atomic E-state index is -0.955. The Morgan fingerprint density at radius 3 is 2.00 bits per heavy atom. The van der Waals surface area contributed by atoms with Crippen LogP contribution in [-0.2, 0) is 20.8 Å². The van der Waals surface area contributed by atoms with E-state index in [2.05, 4.69) is 17.4 Å². The van der Waals surface area contributed by atoms with Crippen LogP contribution in [0.4, 0.5) is 5.69 Å². The van der Waals surface area contributed by atoms with Crippen molar-refractivity contribution < 1.29 is 29.4 Å². The number of nitrogens with two attached hydrogens (primary N) is 3. The first-order valence-electron chi connectivity index (χ1n) is 13.6. The fraction of sp³-hybridized carbons (Fsp3) is 0.467. The number of carboxylic acid groups (broad SMARTS) is 2. The molecular formula is C30H46N4O6. The molecule has 0 aromatic heterocycles. The fourth-order valence-electron chi connectivity index (χ4n) is 3.76. The highest BCUT2D eigenvalue weighted by molar-refractivity contribution is 5.89. The second-order valence-electron chi connectivity index (χ2n) is 9.42. The van der Waals surface area contributed by atoms with Crippen LogP contribution in [-0.4, -0.2) is 53.5 Å². The first-order chi connectivity index (χ1) is 19.1. The number of carboxylic acids is 2. The summed E-state index contributed by atoms with van der Waals surface area (Å²) >= 11 is 0. The number of aldehydes is 1. The van der Waals surface area contributed by atoms with Crippen molar-refractivity contribution in [1.29, 1.82) is 0 Å². The number of amides is 1. The van der Waals surface area contributed by atoms with Crippen molar-refractivity contribution in [3.05, 3.63) is 65.7 Å². The van der Waals surface area contributed by atoms with Gasteiger partial charge in [-0.3, -0.25) is 19.2 Å². The van der Waals surface area contributed by atoms with Crippen LogP contribution in [0.5, 0.6) is 0 Å². The first-order valence-corrected chi connectivity index (χ1v) is 13.6. The molecule has 0 radical (unpaired) electrons. The molecule has 0 heterocycles. The summed E-state index contributed by atoms with van der Waals surface area (Å²) in [5.74, 6) is -1.23. The second-order valence-corrected chi connectivity index (χ2v) is 9.42. The molecule has 222 valence electrons. The summed E-state index contributed by atoms with van der Waals surface area (Å²) in [5, 5.41) is 19.3. The van der Waals surface area contributed by atoms with Crippen molar-refractivity contribution in [1.82, 2.24) is 0 Å². The van der Waals surface area contributed by atoms with E-state index >= 15 is 0 Å². The standard InChI is InChI=1S/C9H9NO2.C8H11N.C8H14O2.C5H12N2O2/c1-7(12)10-9-4-2-8(6-11)3-5-9;9-7-6-8-4-2-1-3-5-8;9-8(10)6-7-4-2-1-3-5-7;6-3-1-2-4(7)5(8)9/h2-6H,1H3,(H,10,12);1-5H,6-7,9H2;7H,1-6H2,(H,9,10);4H,1-3,6-7H2,(H,8,9)/t;;;4-/m...0/s1. The summed E-state index contributed by atoms with van der Waals surface area (Å²) in [6.07, 6.45) is 9.31. The van der Waals surface area contributed by atoms with E-state index in [1.54, 1.807) is 24.3 Å². The van der Waals surface area contributed by atoms with Crippen molar-refractivity contribution in [2.75, 3.05) is 18.4 Å². The van der Waals surface area contributed by atoms with Crippen molar-refractivity contribution in [3.8, 4) is 0 Å². The molecule has 10 heteroatoms. The highest BCUT2D eigenvalue weighted by atomic mass is 16.4. The molecule has 1 fully saturated rings. The Labute approximate surface area is 237 Å². The van der Waals surface area contributed by atoms with E-state index in [0.29, 0.717) is 43.0 Å². The monoisotopic (exact) mass is 558 g/mol. The maximum Gasteiger partial charge on any atom is 0.320 e. The first kappa shape index (κ1) is 36.4. The van der Waals surface area contributed by atoms with Gasteiger partial charge >= 0.3 is 11.9 Å². The third kappa shape index (κ3) is 20.4. The van der Waals surface area contributed by atoms with Gasteiger partial charge in [0, 0.05) is 24.6 Å². The molecule has 1 aliphatic carbocycles. The molecular weight excluding hydrogens is 512 g/mol. The maximum absolute atomic E-state index is 10.6. The lowest BCUT2D eigenvalue weighted by atomic mass is 9.87. The van der Waals surface area contributed by atoms with Crippen molar-refractivity contribution in [3.63, 3.8) is 0 Å². The van der Waals surface area contributed by atoms with Gasteiger partial charge in [-0.15, -0.1) is 0 Å². The molecule has 1 atom stereocenters. The quantitative estimate of drug-likeness (QED) is 0.235. The number of carbonyl (C=O) groups is 4. The minimum Gasteiger partial charge on any atom is -0.481 e. The van der Waals surface area contributed by atoms with Crippen LogP contribution < -0.4 is 22.5 Å². The summed E-state index contributed by atoms with van der Waals surface area (Å²) in [6, 6.07) is 16.2. The van der Waals surface area contributed by atoms with Gasteiger partial charge in [-0.1, -0.05) is 49.6 Å². The van der Waals surface area contributed by atoms with Gasteiger partial charge in [-0.05, 0) is 80.9 Å². The van der Waals surface area contributed by atoms with Gasteiger partial charge in [0.1, 0.15) is 12.3 Å².